The lowest BCUT2D eigenvalue weighted by atomic mass is 9.88. The number of rotatable bonds is 3. The number of hydrogen-bond donors (Lipinski definition) is 3. The highest BCUT2D eigenvalue weighted by Crippen LogP contribution is 2.20. The van der Waals surface area contributed by atoms with E-state index >= 15 is 0 Å². The standard InChI is InChI=1S/C12H19ClN4O/c1-7(12(2,3)4)15-11(18)8-5-9(13)16-10(6-8)17-14/h5-7H,14H2,1-4H3,(H,15,18)(H,16,17). The van der Waals surface area contributed by atoms with Gasteiger partial charge in [0.25, 0.3) is 5.91 Å². The molecule has 1 aromatic rings. The summed E-state index contributed by atoms with van der Waals surface area (Å²) in [6.45, 7) is 8.14. The van der Waals surface area contributed by atoms with Crippen LogP contribution >= 0.6 is 11.6 Å². The smallest absolute Gasteiger partial charge is 0.251 e. The molecule has 0 bridgehead atoms. The van der Waals surface area contributed by atoms with Crippen LogP contribution in [0.25, 0.3) is 0 Å². The molecule has 0 aliphatic rings. The number of pyridine rings is 1. The van der Waals surface area contributed by atoms with E-state index in [1.54, 1.807) is 6.07 Å². The van der Waals surface area contributed by atoms with Crippen molar-refractivity contribution in [3.8, 4) is 0 Å². The highest BCUT2D eigenvalue weighted by Gasteiger charge is 2.22. The fourth-order valence-corrected chi connectivity index (χ4v) is 1.41. The summed E-state index contributed by atoms with van der Waals surface area (Å²) >= 11 is 5.81. The molecule has 1 atom stereocenters. The first-order valence-electron chi connectivity index (χ1n) is 5.69. The zero-order chi connectivity index (χ0) is 13.9. The van der Waals surface area contributed by atoms with Crippen molar-refractivity contribution in [1.82, 2.24) is 10.3 Å². The zero-order valence-electron chi connectivity index (χ0n) is 11.0. The number of anilines is 1. The molecule has 0 spiro atoms. The van der Waals surface area contributed by atoms with Gasteiger partial charge in [-0.3, -0.25) is 4.79 Å². The average molecular weight is 271 g/mol. The minimum atomic E-state index is -0.196. The topological polar surface area (TPSA) is 80.0 Å². The Morgan fingerprint density at radius 3 is 2.56 bits per heavy atom. The van der Waals surface area contributed by atoms with Crippen LogP contribution in [-0.4, -0.2) is 16.9 Å². The third-order valence-corrected chi connectivity index (χ3v) is 3.04. The average Bonchev–Trinajstić information content (AvgIpc) is 2.26. The molecule has 0 saturated heterocycles. The van der Waals surface area contributed by atoms with Gasteiger partial charge in [-0.25, -0.2) is 10.8 Å². The summed E-state index contributed by atoms with van der Waals surface area (Å²) in [4.78, 5) is 16.0. The Hall–Kier alpha value is -1.33. The number of aromatic nitrogens is 1. The van der Waals surface area contributed by atoms with E-state index in [9.17, 15) is 4.79 Å². The molecular formula is C12H19ClN4O. The maximum atomic E-state index is 12.1. The minimum absolute atomic E-state index is 0.0125. The summed E-state index contributed by atoms with van der Waals surface area (Å²) in [5.41, 5.74) is 2.79. The molecule has 0 saturated carbocycles. The molecule has 1 unspecified atom stereocenters. The summed E-state index contributed by atoms with van der Waals surface area (Å²) in [5, 5.41) is 3.14. The lowest BCUT2D eigenvalue weighted by Gasteiger charge is -2.28. The van der Waals surface area contributed by atoms with E-state index in [0.717, 1.165) is 0 Å². The molecule has 1 aromatic heterocycles. The molecule has 1 amide bonds. The number of amides is 1. The molecule has 0 radical (unpaired) electrons. The van der Waals surface area contributed by atoms with Crippen molar-refractivity contribution in [3.63, 3.8) is 0 Å². The highest BCUT2D eigenvalue weighted by molar-refractivity contribution is 6.29. The van der Waals surface area contributed by atoms with E-state index in [1.165, 1.54) is 6.07 Å². The van der Waals surface area contributed by atoms with Crippen LogP contribution in [0, 0.1) is 5.41 Å². The molecule has 1 heterocycles. The predicted octanol–water partition coefficient (Wildman–Crippen LogP) is 2.19. The molecule has 0 aliphatic carbocycles. The monoisotopic (exact) mass is 270 g/mol. The molecule has 100 valence electrons. The predicted molar refractivity (Wildman–Crippen MR) is 73.4 cm³/mol. The third kappa shape index (κ3) is 3.85. The van der Waals surface area contributed by atoms with Gasteiger partial charge in [-0.15, -0.1) is 0 Å². The van der Waals surface area contributed by atoms with Gasteiger partial charge in [0.2, 0.25) is 0 Å². The molecule has 1 rings (SSSR count). The number of halogens is 1. The molecule has 0 fully saturated rings. The first-order chi connectivity index (χ1) is 8.24. The van der Waals surface area contributed by atoms with Gasteiger partial charge in [-0.05, 0) is 24.5 Å². The van der Waals surface area contributed by atoms with Gasteiger partial charge in [0, 0.05) is 11.6 Å². The molecule has 0 aliphatic heterocycles. The Bertz CT molecular complexity index is 442. The van der Waals surface area contributed by atoms with Crippen LogP contribution < -0.4 is 16.6 Å². The molecule has 4 N–H and O–H groups in total. The Labute approximate surface area is 112 Å². The van der Waals surface area contributed by atoms with Gasteiger partial charge in [0.15, 0.2) is 0 Å². The number of carbonyl (C=O) groups is 1. The van der Waals surface area contributed by atoms with Gasteiger partial charge >= 0.3 is 0 Å². The largest absolute Gasteiger partial charge is 0.349 e. The number of carbonyl (C=O) groups excluding carboxylic acids is 1. The molecular weight excluding hydrogens is 252 g/mol. The Morgan fingerprint density at radius 1 is 1.44 bits per heavy atom. The van der Waals surface area contributed by atoms with Gasteiger partial charge in [0.05, 0.1) is 0 Å². The number of nitrogens with two attached hydrogens (primary N) is 1. The van der Waals surface area contributed by atoms with Crippen LogP contribution in [0.1, 0.15) is 38.1 Å². The fourth-order valence-electron chi connectivity index (χ4n) is 1.20. The number of nitrogens with one attached hydrogen (secondary N) is 2. The maximum absolute atomic E-state index is 12.1. The Kier molecular flexibility index (Phi) is 4.53. The van der Waals surface area contributed by atoms with Crippen molar-refractivity contribution in [2.24, 2.45) is 11.3 Å². The van der Waals surface area contributed by atoms with Gasteiger partial charge in [-0.2, -0.15) is 0 Å². The van der Waals surface area contributed by atoms with Crippen molar-refractivity contribution in [2.45, 2.75) is 33.7 Å². The normalized spacial score (nSPS) is 13.0. The van der Waals surface area contributed by atoms with Crippen molar-refractivity contribution in [2.75, 3.05) is 5.43 Å². The van der Waals surface area contributed by atoms with Gasteiger partial charge in [0.1, 0.15) is 11.0 Å². The molecule has 5 nitrogen and oxygen atoms in total. The van der Waals surface area contributed by atoms with Crippen molar-refractivity contribution < 1.29 is 4.79 Å². The van der Waals surface area contributed by atoms with Crippen molar-refractivity contribution >= 4 is 23.3 Å². The minimum Gasteiger partial charge on any atom is -0.349 e. The quantitative estimate of drug-likeness (QED) is 0.447. The SMILES string of the molecule is CC(NC(=O)c1cc(Cl)nc(NN)c1)C(C)(C)C. The summed E-state index contributed by atoms with van der Waals surface area (Å²) in [5.74, 6) is 5.42. The fraction of sp³-hybridized carbons (Fsp3) is 0.500. The summed E-state index contributed by atoms with van der Waals surface area (Å²) in [6.07, 6.45) is 0. The van der Waals surface area contributed by atoms with Crippen LogP contribution in [0.2, 0.25) is 5.15 Å². The van der Waals surface area contributed by atoms with Crippen LogP contribution in [0.3, 0.4) is 0 Å². The van der Waals surface area contributed by atoms with Crippen molar-refractivity contribution in [3.05, 3.63) is 22.8 Å². The maximum Gasteiger partial charge on any atom is 0.251 e. The van der Waals surface area contributed by atoms with E-state index in [2.05, 4.69) is 36.5 Å². The first-order valence-corrected chi connectivity index (χ1v) is 6.07. The van der Waals surface area contributed by atoms with Gasteiger partial charge in [-0.1, -0.05) is 32.4 Å². The van der Waals surface area contributed by atoms with Gasteiger partial charge < -0.3 is 10.7 Å². The van der Waals surface area contributed by atoms with Crippen molar-refractivity contribution in [1.29, 1.82) is 0 Å². The Morgan fingerprint density at radius 2 is 2.06 bits per heavy atom. The number of nitrogen functional groups attached to an aromatic ring is 1. The van der Waals surface area contributed by atoms with E-state index in [4.69, 9.17) is 17.4 Å². The number of hydrogen-bond acceptors (Lipinski definition) is 4. The molecule has 6 heteroatoms. The van der Waals surface area contributed by atoms with E-state index in [-0.39, 0.29) is 22.5 Å². The van der Waals surface area contributed by atoms with Crippen LogP contribution in [0.15, 0.2) is 12.1 Å². The molecule has 0 aromatic carbocycles. The lowest BCUT2D eigenvalue weighted by Crippen LogP contribution is -2.41. The Balaban J connectivity index is 2.88. The zero-order valence-corrected chi connectivity index (χ0v) is 11.8. The van der Waals surface area contributed by atoms with E-state index in [0.29, 0.717) is 11.4 Å². The highest BCUT2D eigenvalue weighted by atomic mass is 35.5. The second kappa shape index (κ2) is 5.54. The second-order valence-corrected chi connectivity index (χ2v) is 5.66. The lowest BCUT2D eigenvalue weighted by molar-refractivity contribution is 0.0910. The van der Waals surface area contributed by atoms with E-state index in [1.807, 2.05) is 6.92 Å². The summed E-state index contributed by atoms with van der Waals surface area (Å²) in [6, 6.07) is 3.09. The van der Waals surface area contributed by atoms with Crippen LogP contribution in [-0.2, 0) is 0 Å². The second-order valence-electron chi connectivity index (χ2n) is 5.27. The third-order valence-electron chi connectivity index (χ3n) is 2.85. The number of nitrogens with zero attached hydrogens (tertiary/aromatic N) is 1. The van der Waals surface area contributed by atoms with E-state index < -0.39 is 0 Å². The summed E-state index contributed by atoms with van der Waals surface area (Å²) in [7, 11) is 0. The summed E-state index contributed by atoms with van der Waals surface area (Å²) < 4.78 is 0. The molecule has 18 heavy (non-hydrogen) atoms. The number of hydrazine groups is 1. The van der Waals surface area contributed by atoms with Crippen LogP contribution in [0.5, 0.6) is 0 Å². The first kappa shape index (κ1) is 14.7. The van der Waals surface area contributed by atoms with Crippen LogP contribution in [0.4, 0.5) is 5.82 Å².